The summed E-state index contributed by atoms with van der Waals surface area (Å²) in [6.45, 7) is 3.55. The summed E-state index contributed by atoms with van der Waals surface area (Å²) in [5, 5.41) is 14.4. The summed E-state index contributed by atoms with van der Waals surface area (Å²) in [5.41, 5.74) is 4.58. The molecule has 1 aliphatic rings. The number of carboxylic acid groups (broad SMARTS) is 1. The number of nitrogens with one attached hydrogen (secondary N) is 2. The number of amides is 2. The Kier molecular flexibility index (Phi) is 8.06. The fourth-order valence-electron chi connectivity index (χ4n) is 4.02. The van der Waals surface area contributed by atoms with E-state index in [0.29, 0.717) is 6.42 Å². The molecule has 0 saturated heterocycles. The second-order valence-electron chi connectivity index (χ2n) is 8.23. The first-order chi connectivity index (χ1) is 15.8. The lowest BCUT2D eigenvalue weighted by molar-refractivity contribution is -0.145. The van der Waals surface area contributed by atoms with Crippen molar-refractivity contribution in [3.8, 4) is 11.1 Å². The maximum Gasteiger partial charge on any atom is 0.407 e. The molecule has 176 valence electrons. The number of aliphatic carboxylic acids is 1. The molecular formula is C25H30N2O6. The molecule has 8 heteroatoms. The number of carboxylic acids is 1. The third kappa shape index (κ3) is 5.90. The predicted octanol–water partition coefficient (Wildman–Crippen LogP) is 3.30. The lowest BCUT2D eigenvalue weighted by Gasteiger charge is -2.21. The third-order valence-electron chi connectivity index (χ3n) is 5.94. The van der Waals surface area contributed by atoms with Crippen molar-refractivity contribution in [2.75, 3.05) is 13.7 Å². The summed E-state index contributed by atoms with van der Waals surface area (Å²) in [6, 6.07) is 14.8. The van der Waals surface area contributed by atoms with Crippen molar-refractivity contribution in [3.63, 3.8) is 0 Å². The third-order valence-corrected chi connectivity index (χ3v) is 5.94. The summed E-state index contributed by atoms with van der Waals surface area (Å²) in [5.74, 6) is -1.62. The van der Waals surface area contributed by atoms with Gasteiger partial charge in [-0.2, -0.15) is 0 Å². The lowest BCUT2D eigenvalue weighted by atomic mass is 9.98. The van der Waals surface area contributed by atoms with E-state index in [1.807, 2.05) is 24.3 Å². The number of fused-ring (bicyclic) bond motifs is 3. The standard InChI is InChI=1S/C25H30N2O6/c1-15(12-13-22(28)27-23(24(29)30)16(2)32-3)26-25(31)33-14-21-19-10-6-4-8-17(19)18-9-5-7-11-20(18)21/h4-11,15-16,21,23H,12-14H2,1-3H3,(H,26,31)(H,27,28)(H,29,30)/t15?,16-,23+/m1/s1. The second-order valence-corrected chi connectivity index (χ2v) is 8.23. The maximum absolute atomic E-state index is 12.3. The number of benzene rings is 2. The van der Waals surface area contributed by atoms with Crippen molar-refractivity contribution in [2.24, 2.45) is 0 Å². The van der Waals surface area contributed by atoms with Crippen LogP contribution in [0.15, 0.2) is 48.5 Å². The van der Waals surface area contributed by atoms with Crippen LogP contribution in [-0.4, -0.2) is 55.0 Å². The Morgan fingerprint density at radius 3 is 2.09 bits per heavy atom. The molecule has 0 spiro atoms. The Hall–Kier alpha value is -3.39. The first kappa shape index (κ1) is 24.3. The molecule has 0 saturated carbocycles. The molecule has 0 radical (unpaired) electrons. The number of carbonyl (C=O) groups excluding carboxylic acids is 2. The van der Waals surface area contributed by atoms with Crippen LogP contribution in [0.3, 0.4) is 0 Å². The van der Waals surface area contributed by atoms with Crippen molar-refractivity contribution in [1.29, 1.82) is 0 Å². The number of hydrogen-bond donors (Lipinski definition) is 3. The second kappa shape index (κ2) is 11.0. The SMILES string of the molecule is CO[C@H](C)[C@H](NC(=O)CCC(C)NC(=O)OCC1c2ccccc2-c2ccccc21)C(=O)O. The van der Waals surface area contributed by atoms with Crippen LogP contribution in [0.5, 0.6) is 0 Å². The van der Waals surface area contributed by atoms with Gasteiger partial charge in [-0.15, -0.1) is 0 Å². The highest BCUT2D eigenvalue weighted by molar-refractivity contribution is 5.84. The first-order valence-electron chi connectivity index (χ1n) is 11.0. The molecule has 8 nitrogen and oxygen atoms in total. The molecular weight excluding hydrogens is 424 g/mol. The molecule has 3 N–H and O–H groups in total. The zero-order valence-corrected chi connectivity index (χ0v) is 19.0. The van der Waals surface area contributed by atoms with Gasteiger partial charge in [0.15, 0.2) is 6.04 Å². The van der Waals surface area contributed by atoms with E-state index in [2.05, 4.69) is 34.9 Å². The molecule has 0 aliphatic heterocycles. The normalized spacial score (nSPS) is 15.0. The van der Waals surface area contributed by atoms with Gasteiger partial charge in [-0.25, -0.2) is 9.59 Å². The van der Waals surface area contributed by atoms with Gasteiger partial charge in [-0.3, -0.25) is 4.79 Å². The minimum absolute atomic E-state index is 0.0278. The molecule has 2 aromatic rings. The number of ether oxygens (including phenoxy) is 2. The molecule has 0 heterocycles. The van der Waals surface area contributed by atoms with Crippen molar-refractivity contribution in [1.82, 2.24) is 10.6 Å². The van der Waals surface area contributed by atoms with Gasteiger partial charge < -0.3 is 25.2 Å². The van der Waals surface area contributed by atoms with E-state index in [4.69, 9.17) is 9.47 Å². The summed E-state index contributed by atoms with van der Waals surface area (Å²) >= 11 is 0. The van der Waals surface area contributed by atoms with E-state index in [9.17, 15) is 19.5 Å². The monoisotopic (exact) mass is 454 g/mol. The zero-order chi connectivity index (χ0) is 24.0. The highest BCUT2D eigenvalue weighted by Crippen LogP contribution is 2.44. The molecule has 0 bridgehead atoms. The minimum atomic E-state index is -1.16. The van der Waals surface area contributed by atoms with E-state index in [1.54, 1.807) is 13.8 Å². The Bertz CT molecular complexity index is 962. The fourth-order valence-corrected chi connectivity index (χ4v) is 4.02. The average molecular weight is 455 g/mol. The van der Waals surface area contributed by atoms with E-state index < -0.39 is 30.1 Å². The van der Waals surface area contributed by atoms with Crippen LogP contribution in [0.1, 0.15) is 43.7 Å². The smallest absolute Gasteiger partial charge is 0.407 e. The van der Waals surface area contributed by atoms with Crippen LogP contribution >= 0.6 is 0 Å². The largest absolute Gasteiger partial charge is 0.480 e. The Morgan fingerprint density at radius 2 is 1.55 bits per heavy atom. The summed E-state index contributed by atoms with van der Waals surface area (Å²) in [6.07, 6.45) is -0.821. The van der Waals surface area contributed by atoms with Crippen LogP contribution in [0.4, 0.5) is 4.79 Å². The van der Waals surface area contributed by atoms with E-state index in [1.165, 1.54) is 7.11 Å². The van der Waals surface area contributed by atoms with Gasteiger partial charge in [0.05, 0.1) is 6.10 Å². The zero-order valence-electron chi connectivity index (χ0n) is 19.0. The van der Waals surface area contributed by atoms with Crippen LogP contribution in [0.25, 0.3) is 11.1 Å². The van der Waals surface area contributed by atoms with Gasteiger partial charge in [0.2, 0.25) is 5.91 Å². The van der Waals surface area contributed by atoms with Crippen LogP contribution in [0, 0.1) is 0 Å². The maximum atomic E-state index is 12.3. The van der Waals surface area contributed by atoms with Gasteiger partial charge in [-0.1, -0.05) is 48.5 Å². The summed E-state index contributed by atoms with van der Waals surface area (Å²) in [4.78, 5) is 35.8. The summed E-state index contributed by atoms with van der Waals surface area (Å²) < 4.78 is 10.5. The van der Waals surface area contributed by atoms with Crippen molar-refractivity contribution in [2.45, 2.75) is 50.8 Å². The Labute approximate surface area is 193 Å². The lowest BCUT2D eigenvalue weighted by Crippen LogP contribution is -2.48. The van der Waals surface area contributed by atoms with E-state index in [0.717, 1.165) is 22.3 Å². The first-order valence-corrected chi connectivity index (χ1v) is 11.0. The fraction of sp³-hybridized carbons (Fsp3) is 0.400. The van der Waals surface area contributed by atoms with Gasteiger partial charge in [-0.05, 0) is 42.5 Å². The molecule has 3 rings (SSSR count). The van der Waals surface area contributed by atoms with Gasteiger partial charge in [0.1, 0.15) is 6.61 Å². The van der Waals surface area contributed by atoms with Crippen LogP contribution < -0.4 is 10.6 Å². The number of rotatable bonds is 10. The van der Waals surface area contributed by atoms with Gasteiger partial charge >= 0.3 is 12.1 Å². The topological polar surface area (TPSA) is 114 Å². The van der Waals surface area contributed by atoms with E-state index >= 15 is 0 Å². The average Bonchev–Trinajstić information content (AvgIpc) is 3.13. The van der Waals surface area contributed by atoms with Crippen LogP contribution in [-0.2, 0) is 19.1 Å². The molecule has 0 fully saturated rings. The molecule has 1 unspecified atom stereocenters. The number of carbonyl (C=O) groups is 3. The van der Waals surface area contributed by atoms with Crippen molar-refractivity contribution >= 4 is 18.0 Å². The quantitative estimate of drug-likeness (QED) is 0.508. The molecule has 1 aliphatic carbocycles. The minimum Gasteiger partial charge on any atom is -0.480 e. The molecule has 0 aromatic heterocycles. The number of hydrogen-bond acceptors (Lipinski definition) is 5. The number of methoxy groups -OCH3 is 1. The molecule has 2 aromatic carbocycles. The summed E-state index contributed by atoms with van der Waals surface area (Å²) in [7, 11) is 1.38. The van der Waals surface area contributed by atoms with Gasteiger partial charge in [0.25, 0.3) is 0 Å². The molecule has 3 atom stereocenters. The van der Waals surface area contributed by atoms with Gasteiger partial charge in [0, 0.05) is 25.5 Å². The van der Waals surface area contributed by atoms with Crippen LogP contribution in [0.2, 0.25) is 0 Å². The molecule has 2 amide bonds. The van der Waals surface area contributed by atoms with Crippen molar-refractivity contribution < 1.29 is 29.0 Å². The van der Waals surface area contributed by atoms with E-state index in [-0.39, 0.29) is 25.0 Å². The number of alkyl carbamates (subject to hydrolysis) is 1. The highest BCUT2D eigenvalue weighted by Gasteiger charge is 2.29. The van der Waals surface area contributed by atoms with Crippen molar-refractivity contribution in [3.05, 3.63) is 59.7 Å². The Morgan fingerprint density at radius 1 is 0.970 bits per heavy atom. The highest BCUT2D eigenvalue weighted by atomic mass is 16.5. The molecule has 33 heavy (non-hydrogen) atoms. The predicted molar refractivity (Wildman–Crippen MR) is 123 cm³/mol. The Balaban J connectivity index is 1.48.